The molecule has 0 bridgehead atoms. The number of rotatable bonds is 8. The zero-order valence-corrected chi connectivity index (χ0v) is 19.8. The third kappa shape index (κ3) is 5.44. The number of nitrogens with zero attached hydrogens (tertiary/aromatic N) is 4. The molecule has 8 heteroatoms. The molecule has 0 spiro atoms. The maximum absolute atomic E-state index is 12.4. The summed E-state index contributed by atoms with van der Waals surface area (Å²) in [6.07, 6.45) is 2.51. The fourth-order valence-electron chi connectivity index (χ4n) is 4.45. The van der Waals surface area contributed by atoms with E-state index < -0.39 is 0 Å². The van der Waals surface area contributed by atoms with Crippen molar-refractivity contribution in [1.29, 1.82) is 0 Å². The van der Waals surface area contributed by atoms with Crippen molar-refractivity contribution < 1.29 is 13.9 Å². The van der Waals surface area contributed by atoms with Crippen molar-refractivity contribution in [1.82, 2.24) is 25.0 Å². The molecule has 35 heavy (non-hydrogen) atoms. The van der Waals surface area contributed by atoms with Crippen molar-refractivity contribution >= 4 is 5.91 Å². The van der Waals surface area contributed by atoms with Crippen LogP contribution in [0.5, 0.6) is 5.75 Å². The summed E-state index contributed by atoms with van der Waals surface area (Å²) >= 11 is 0. The number of ether oxygens (including phenoxy) is 1. The second kappa shape index (κ2) is 10.6. The highest BCUT2D eigenvalue weighted by Crippen LogP contribution is 2.26. The molecule has 0 radical (unpaired) electrons. The van der Waals surface area contributed by atoms with Gasteiger partial charge in [0.15, 0.2) is 12.4 Å². The highest BCUT2D eigenvalue weighted by Gasteiger charge is 2.23. The molecule has 8 nitrogen and oxygen atoms in total. The summed E-state index contributed by atoms with van der Waals surface area (Å²) in [6.45, 7) is 5.23. The van der Waals surface area contributed by atoms with E-state index in [1.807, 2.05) is 55.5 Å². The van der Waals surface area contributed by atoms with Crippen molar-refractivity contribution in [2.45, 2.75) is 32.5 Å². The quantitative estimate of drug-likeness (QED) is 0.420. The van der Waals surface area contributed by atoms with Gasteiger partial charge in [0.2, 0.25) is 0 Å². The van der Waals surface area contributed by atoms with Crippen LogP contribution in [0.2, 0.25) is 0 Å². The number of hydrogen-bond donors (Lipinski definition) is 1. The molecule has 2 aromatic heterocycles. The van der Waals surface area contributed by atoms with E-state index in [1.54, 1.807) is 6.26 Å². The zero-order chi connectivity index (χ0) is 24.0. The second-order valence-electron chi connectivity index (χ2n) is 8.68. The van der Waals surface area contributed by atoms with Gasteiger partial charge in [0, 0.05) is 38.2 Å². The zero-order valence-electron chi connectivity index (χ0n) is 19.8. The normalized spacial score (nSPS) is 14.7. The second-order valence-corrected chi connectivity index (χ2v) is 8.68. The number of furan rings is 1. The van der Waals surface area contributed by atoms with Crippen molar-refractivity contribution in [2.24, 2.45) is 0 Å². The molecule has 0 unspecified atom stereocenters. The average Bonchev–Trinajstić information content (AvgIpc) is 3.52. The topological polar surface area (TPSA) is 85.4 Å². The first-order valence-electron chi connectivity index (χ1n) is 11.9. The van der Waals surface area contributed by atoms with Gasteiger partial charge in [-0.05, 0) is 36.8 Å². The number of carbonyl (C=O) groups excluding carboxylic acids is 1. The molecule has 1 aliphatic heterocycles. The minimum Gasteiger partial charge on any atom is -0.484 e. The number of nitrogens with one attached hydrogen (secondary N) is 1. The lowest BCUT2D eigenvalue weighted by molar-refractivity contribution is -0.123. The van der Waals surface area contributed by atoms with Gasteiger partial charge in [-0.2, -0.15) is 0 Å². The van der Waals surface area contributed by atoms with Crippen LogP contribution in [-0.2, 0) is 24.3 Å². The molecule has 0 saturated carbocycles. The molecule has 0 saturated heterocycles. The Morgan fingerprint density at radius 1 is 1.03 bits per heavy atom. The van der Waals surface area contributed by atoms with Crippen LogP contribution in [0.25, 0.3) is 11.3 Å². The Kier molecular flexibility index (Phi) is 6.90. The molecule has 5 rings (SSSR count). The lowest BCUT2D eigenvalue weighted by Crippen LogP contribution is -2.33. The molecule has 2 aromatic carbocycles. The van der Waals surface area contributed by atoms with Crippen LogP contribution in [0.3, 0.4) is 0 Å². The van der Waals surface area contributed by atoms with Crippen LogP contribution in [0.1, 0.15) is 30.2 Å². The third-order valence-corrected chi connectivity index (χ3v) is 6.22. The van der Waals surface area contributed by atoms with Gasteiger partial charge in [-0.3, -0.25) is 9.69 Å². The highest BCUT2D eigenvalue weighted by atomic mass is 16.5. The lowest BCUT2D eigenvalue weighted by Gasteiger charge is -2.21. The van der Waals surface area contributed by atoms with Crippen LogP contribution in [0.15, 0.2) is 77.4 Å². The summed E-state index contributed by atoms with van der Waals surface area (Å²) in [7, 11) is 0. The Labute approximate surface area is 204 Å². The predicted molar refractivity (Wildman–Crippen MR) is 132 cm³/mol. The van der Waals surface area contributed by atoms with E-state index in [4.69, 9.17) is 9.15 Å². The van der Waals surface area contributed by atoms with Gasteiger partial charge in [0.05, 0.1) is 12.3 Å². The Hall–Kier alpha value is -3.91. The van der Waals surface area contributed by atoms with Gasteiger partial charge in [-0.1, -0.05) is 42.5 Å². The maximum Gasteiger partial charge on any atom is 0.258 e. The number of hydrogen-bond acceptors (Lipinski definition) is 6. The van der Waals surface area contributed by atoms with Gasteiger partial charge < -0.3 is 19.0 Å². The molecule has 0 fully saturated rings. The van der Waals surface area contributed by atoms with Crippen molar-refractivity contribution in [2.75, 3.05) is 19.7 Å². The summed E-state index contributed by atoms with van der Waals surface area (Å²) in [6, 6.07) is 21.3. The third-order valence-electron chi connectivity index (χ3n) is 6.22. The van der Waals surface area contributed by atoms with Gasteiger partial charge >= 0.3 is 0 Å². The maximum atomic E-state index is 12.4. The fourth-order valence-corrected chi connectivity index (χ4v) is 4.45. The Morgan fingerprint density at radius 2 is 1.86 bits per heavy atom. The van der Waals surface area contributed by atoms with Gasteiger partial charge in [0.25, 0.3) is 5.91 Å². The van der Waals surface area contributed by atoms with E-state index in [9.17, 15) is 4.79 Å². The molecule has 1 atom stereocenters. The molecule has 1 amide bonds. The minimum atomic E-state index is -0.269. The summed E-state index contributed by atoms with van der Waals surface area (Å²) in [5, 5.41) is 11.8. The van der Waals surface area contributed by atoms with Crippen molar-refractivity contribution in [3.8, 4) is 17.1 Å². The Balaban J connectivity index is 1.20. The predicted octanol–water partition coefficient (Wildman–Crippen LogP) is 3.85. The summed E-state index contributed by atoms with van der Waals surface area (Å²) in [5.41, 5.74) is 2.36. The van der Waals surface area contributed by atoms with Crippen LogP contribution < -0.4 is 10.1 Å². The number of aromatic nitrogens is 3. The van der Waals surface area contributed by atoms with Crippen molar-refractivity contribution in [3.63, 3.8) is 0 Å². The summed E-state index contributed by atoms with van der Waals surface area (Å²) in [4.78, 5) is 14.9. The SMILES string of the molecule is C[C@H](NC(=O)COc1ccccc1)c1nnc2n1CCN(Cc1ccccc1-c1ccco1)CC2. The van der Waals surface area contributed by atoms with Gasteiger partial charge in [0.1, 0.15) is 17.3 Å². The largest absolute Gasteiger partial charge is 0.484 e. The number of para-hydroxylation sites is 1. The van der Waals surface area contributed by atoms with E-state index >= 15 is 0 Å². The molecule has 3 heterocycles. The van der Waals surface area contributed by atoms with E-state index in [0.717, 1.165) is 55.6 Å². The fraction of sp³-hybridized carbons (Fsp3) is 0.296. The number of fused-ring (bicyclic) bond motifs is 1. The Morgan fingerprint density at radius 3 is 2.69 bits per heavy atom. The molecule has 1 N–H and O–H groups in total. The van der Waals surface area contributed by atoms with Crippen LogP contribution >= 0.6 is 0 Å². The Bertz CT molecular complexity index is 1250. The van der Waals surface area contributed by atoms with Gasteiger partial charge in [-0.25, -0.2) is 0 Å². The highest BCUT2D eigenvalue weighted by molar-refractivity contribution is 5.77. The summed E-state index contributed by atoms with van der Waals surface area (Å²) < 4.78 is 13.3. The van der Waals surface area contributed by atoms with Gasteiger partial charge in [-0.15, -0.1) is 10.2 Å². The first-order valence-corrected chi connectivity index (χ1v) is 11.9. The van der Waals surface area contributed by atoms with Crippen LogP contribution in [0, 0.1) is 0 Å². The number of benzene rings is 2. The van der Waals surface area contributed by atoms with E-state index in [-0.39, 0.29) is 18.6 Å². The standard InChI is InChI=1S/C27H29N5O3/c1-20(28-26(33)19-35-22-9-3-2-4-10-22)27-30-29-25-13-14-31(15-16-32(25)27)18-21-8-5-6-11-23(21)24-12-7-17-34-24/h2-12,17,20H,13-16,18-19H2,1H3,(H,28,33)/t20-/m0/s1. The number of carbonyl (C=O) groups is 1. The molecular formula is C27H29N5O3. The van der Waals surface area contributed by atoms with Crippen LogP contribution in [-0.4, -0.2) is 45.3 Å². The molecule has 1 aliphatic rings. The molecule has 180 valence electrons. The monoisotopic (exact) mass is 471 g/mol. The van der Waals surface area contributed by atoms with E-state index in [1.165, 1.54) is 5.56 Å². The molecular weight excluding hydrogens is 442 g/mol. The number of amides is 1. The van der Waals surface area contributed by atoms with E-state index in [0.29, 0.717) is 5.75 Å². The first-order chi connectivity index (χ1) is 17.2. The summed E-state index contributed by atoms with van der Waals surface area (Å²) in [5.74, 6) is 3.08. The molecule has 0 aliphatic carbocycles. The first kappa shape index (κ1) is 22.9. The van der Waals surface area contributed by atoms with Crippen molar-refractivity contribution in [3.05, 3.63) is 90.2 Å². The average molecular weight is 472 g/mol. The van der Waals surface area contributed by atoms with Crippen LogP contribution in [0.4, 0.5) is 0 Å². The van der Waals surface area contributed by atoms with E-state index in [2.05, 4.69) is 43.2 Å². The lowest BCUT2D eigenvalue weighted by atomic mass is 10.0. The minimum absolute atomic E-state index is 0.0434. The smallest absolute Gasteiger partial charge is 0.258 e. The molecule has 4 aromatic rings.